The number of aliphatic imine (C=N–C) groups is 2. The molecule has 1 aromatic carbocycles. The highest BCUT2D eigenvalue weighted by Crippen LogP contribution is 2.26. The van der Waals surface area contributed by atoms with Gasteiger partial charge < -0.3 is 20.5 Å². The van der Waals surface area contributed by atoms with Crippen LogP contribution in [0.15, 0.2) is 64.8 Å². The number of ether oxygens (including phenoxy) is 2. The molecule has 7 heteroatoms. The van der Waals surface area contributed by atoms with Crippen LogP contribution >= 0.6 is 0 Å². The van der Waals surface area contributed by atoms with E-state index in [0.717, 1.165) is 36.6 Å². The number of nitrogens with two attached hydrogens (primary N) is 1. The lowest BCUT2D eigenvalue weighted by atomic mass is 10.2. The third-order valence-corrected chi connectivity index (χ3v) is 4.83. The van der Waals surface area contributed by atoms with Crippen LogP contribution in [0.4, 0.5) is 5.69 Å². The van der Waals surface area contributed by atoms with E-state index in [1.54, 1.807) is 12.3 Å². The molecule has 0 aliphatic carbocycles. The first-order valence-electron chi connectivity index (χ1n) is 10.4. The molecule has 3 N–H and O–H groups in total. The maximum Gasteiger partial charge on any atom is 0.220 e. The van der Waals surface area contributed by atoms with Crippen molar-refractivity contribution in [2.45, 2.75) is 19.4 Å². The molecule has 0 spiro atoms. The third-order valence-electron chi connectivity index (χ3n) is 4.83. The number of guanidine groups is 1. The highest BCUT2D eigenvalue weighted by molar-refractivity contribution is 5.91. The molecule has 30 heavy (non-hydrogen) atoms. The first kappa shape index (κ1) is 21.8. The highest BCUT2D eigenvalue weighted by atomic mass is 16.5. The van der Waals surface area contributed by atoms with Crippen molar-refractivity contribution in [3.05, 3.63) is 60.3 Å². The summed E-state index contributed by atoms with van der Waals surface area (Å²) in [5, 5.41) is 3.18. The topological polar surface area (TPSA) is 84.5 Å². The van der Waals surface area contributed by atoms with Gasteiger partial charge in [0.1, 0.15) is 12.4 Å². The number of rotatable bonds is 4. The molecule has 2 aliphatic heterocycles. The summed E-state index contributed by atoms with van der Waals surface area (Å²) in [6.07, 6.45) is 11.7. The van der Waals surface area contributed by atoms with Crippen molar-refractivity contribution < 1.29 is 9.47 Å². The minimum Gasteiger partial charge on any atom is -0.492 e. The molecule has 0 unspecified atom stereocenters. The molecule has 2 aliphatic rings. The van der Waals surface area contributed by atoms with Gasteiger partial charge in [-0.15, -0.1) is 0 Å². The smallest absolute Gasteiger partial charge is 0.220 e. The van der Waals surface area contributed by atoms with E-state index in [-0.39, 0.29) is 5.96 Å². The highest BCUT2D eigenvalue weighted by Gasteiger charge is 2.12. The van der Waals surface area contributed by atoms with Gasteiger partial charge in [0.15, 0.2) is 0 Å². The fourth-order valence-electron chi connectivity index (χ4n) is 3.26. The summed E-state index contributed by atoms with van der Waals surface area (Å²) >= 11 is 0. The van der Waals surface area contributed by atoms with E-state index in [4.69, 9.17) is 15.2 Å². The van der Waals surface area contributed by atoms with Gasteiger partial charge in [0.2, 0.25) is 5.96 Å². The van der Waals surface area contributed by atoms with Crippen LogP contribution < -0.4 is 15.8 Å². The third kappa shape index (κ3) is 7.50. The number of hydrogen-bond donors (Lipinski definition) is 2. The second kappa shape index (κ2) is 11.9. The van der Waals surface area contributed by atoms with Crippen molar-refractivity contribution in [3.8, 4) is 5.75 Å². The van der Waals surface area contributed by atoms with Crippen LogP contribution in [0, 0.1) is 0 Å². The zero-order valence-electron chi connectivity index (χ0n) is 17.4. The Morgan fingerprint density at radius 1 is 1.23 bits per heavy atom. The Balaban J connectivity index is 1.72. The Bertz CT molecular complexity index is 823. The predicted molar refractivity (Wildman–Crippen MR) is 122 cm³/mol. The quantitative estimate of drug-likeness (QED) is 0.747. The summed E-state index contributed by atoms with van der Waals surface area (Å²) in [4.78, 5) is 10.9. The number of fused-ring (bicyclic) bond motifs is 2. The Morgan fingerprint density at radius 3 is 2.97 bits per heavy atom. The lowest BCUT2D eigenvalue weighted by molar-refractivity contribution is 0.144. The van der Waals surface area contributed by atoms with Crippen LogP contribution in [0.5, 0.6) is 5.75 Å². The van der Waals surface area contributed by atoms with Gasteiger partial charge in [-0.1, -0.05) is 18.7 Å². The van der Waals surface area contributed by atoms with E-state index in [2.05, 4.69) is 26.8 Å². The summed E-state index contributed by atoms with van der Waals surface area (Å²) in [5.41, 5.74) is 8.37. The van der Waals surface area contributed by atoms with Gasteiger partial charge in [-0.2, -0.15) is 0 Å². The number of benzene rings is 1. The van der Waals surface area contributed by atoms with Crippen LogP contribution in [0.2, 0.25) is 0 Å². The van der Waals surface area contributed by atoms with E-state index in [1.807, 2.05) is 36.4 Å². The van der Waals surface area contributed by atoms with Gasteiger partial charge >= 0.3 is 0 Å². The Morgan fingerprint density at radius 2 is 2.10 bits per heavy atom. The second-order valence-electron chi connectivity index (χ2n) is 7.19. The fraction of sp³-hybridized carbons (Fsp3) is 0.391. The lowest BCUT2D eigenvalue weighted by Crippen LogP contribution is -2.25. The number of allylic oxidation sites excluding steroid dienone is 2. The molecular weight excluding hydrogens is 378 g/mol. The van der Waals surface area contributed by atoms with Crippen molar-refractivity contribution >= 4 is 17.9 Å². The number of likely N-dealkylation sites (tertiary alicyclic amines) is 1. The minimum atomic E-state index is 0.179. The van der Waals surface area contributed by atoms with Gasteiger partial charge in [-0.25, -0.2) is 9.98 Å². The standard InChI is InChI=1S/C23H31N5O2/c1-19-7-6-11-26-23(24)27-21-8-9-22(30-16-14-28-12-3-4-13-28)20(17-21)18-29-15-5-2-10-25-19/h2,5-9,11,17,25H,1,3-4,10,12-16,18H2,(H2,24,27)/b5-2+,7-6+,26-11+. The van der Waals surface area contributed by atoms with E-state index in [1.165, 1.54) is 12.8 Å². The molecule has 0 amide bonds. The molecule has 1 saturated heterocycles. The number of nitrogens with one attached hydrogen (secondary N) is 1. The van der Waals surface area contributed by atoms with Crippen molar-refractivity contribution in [3.63, 3.8) is 0 Å². The van der Waals surface area contributed by atoms with Crippen LogP contribution in [0.25, 0.3) is 0 Å². The second-order valence-corrected chi connectivity index (χ2v) is 7.19. The van der Waals surface area contributed by atoms with Crippen molar-refractivity contribution in [2.75, 3.05) is 39.4 Å². The summed E-state index contributed by atoms with van der Waals surface area (Å²) in [6, 6.07) is 5.75. The average molecular weight is 410 g/mol. The van der Waals surface area contributed by atoms with E-state index < -0.39 is 0 Å². The van der Waals surface area contributed by atoms with Crippen LogP contribution in [0.3, 0.4) is 0 Å². The van der Waals surface area contributed by atoms with Crippen molar-refractivity contribution in [1.29, 1.82) is 0 Å². The molecule has 1 fully saturated rings. The van der Waals surface area contributed by atoms with Crippen molar-refractivity contribution in [2.24, 2.45) is 15.7 Å². The maximum atomic E-state index is 6.06. The Hall–Kier alpha value is -2.90. The van der Waals surface area contributed by atoms with E-state index in [0.29, 0.717) is 32.1 Å². The maximum absolute atomic E-state index is 6.06. The zero-order valence-corrected chi connectivity index (χ0v) is 17.4. The molecule has 0 aromatic heterocycles. The van der Waals surface area contributed by atoms with Crippen molar-refractivity contribution in [1.82, 2.24) is 10.2 Å². The molecule has 0 radical (unpaired) electrons. The molecular formula is C23H31N5O2. The molecule has 2 bridgehead atoms. The number of hydrogen-bond acceptors (Lipinski definition) is 7. The summed E-state index contributed by atoms with van der Waals surface area (Å²) in [7, 11) is 0. The first-order chi connectivity index (χ1) is 14.7. The molecule has 160 valence electrons. The van der Waals surface area contributed by atoms with Gasteiger partial charge in [0.25, 0.3) is 0 Å². The predicted octanol–water partition coefficient (Wildman–Crippen LogP) is 2.92. The SMILES string of the molecule is C=C1/C=C/C=N/C(N)=Nc2ccc(OCCN3CCCC3)c(c2)COC/C=C/CN1. The van der Waals surface area contributed by atoms with Gasteiger partial charge in [0.05, 0.1) is 18.9 Å². The Kier molecular flexibility index (Phi) is 8.68. The normalized spacial score (nSPS) is 21.9. The average Bonchev–Trinajstić information content (AvgIpc) is 3.25. The van der Waals surface area contributed by atoms with Gasteiger partial charge in [-0.05, 0) is 56.3 Å². The fourth-order valence-corrected chi connectivity index (χ4v) is 3.26. The number of nitrogens with zero attached hydrogens (tertiary/aromatic N) is 3. The van der Waals surface area contributed by atoms with E-state index in [9.17, 15) is 0 Å². The van der Waals surface area contributed by atoms with Crippen LogP contribution in [0.1, 0.15) is 18.4 Å². The summed E-state index contributed by atoms with van der Waals surface area (Å²) in [6.45, 7) is 9.46. The molecule has 0 atom stereocenters. The lowest BCUT2D eigenvalue weighted by Gasteiger charge is -2.17. The van der Waals surface area contributed by atoms with Crippen LogP contribution in [-0.4, -0.2) is 56.5 Å². The minimum absolute atomic E-state index is 0.179. The molecule has 3 rings (SSSR count). The Labute approximate surface area is 178 Å². The molecule has 1 aromatic rings. The monoisotopic (exact) mass is 409 g/mol. The molecule has 0 saturated carbocycles. The largest absolute Gasteiger partial charge is 0.492 e. The molecule has 7 nitrogen and oxygen atoms in total. The first-order valence-corrected chi connectivity index (χ1v) is 10.4. The summed E-state index contributed by atoms with van der Waals surface area (Å²) in [5.74, 6) is 0.997. The zero-order chi connectivity index (χ0) is 21.0. The van der Waals surface area contributed by atoms with E-state index >= 15 is 0 Å². The van der Waals surface area contributed by atoms with Crippen LogP contribution in [-0.2, 0) is 11.3 Å². The van der Waals surface area contributed by atoms with Gasteiger partial charge in [-0.3, -0.25) is 4.90 Å². The van der Waals surface area contributed by atoms with Gasteiger partial charge in [0, 0.05) is 30.6 Å². The molecule has 2 heterocycles. The summed E-state index contributed by atoms with van der Waals surface area (Å²) < 4.78 is 11.9.